The van der Waals surface area contributed by atoms with Crippen molar-refractivity contribution in [3.63, 3.8) is 0 Å². The first kappa shape index (κ1) is 21.2. The third-order valence-electron chi connectivity index (χ3n) is 4.22. The summed E-state index contributed by atoms with van der Waals surface area (Å²) in [5.41, 5.74) is 1.97. The van der Waals surface area contributed by atoms with E-state index in [1.807, 2.05) is 57.2 Å². The lowest BCUT2D eigenvalue weighted by Crippen LogP contribution is -2.23. The lowest BCUT2D eigenvalue weighted by Gasteiger charge is -2.17. The molecule has 158 valence electrons. The minimum Gasteiger partial charge on any atom is -0.490 e. The van der Waals surface area contributed by atoms with Gasteiger partial charge in [-0.25, -0.2) is 0 Å². The molecule has 0 unspecified atom stereocenters. The Morgan fingerprint density at radius 2 is 1.57 bits per heavy atom. The SMILES string of the molecule is CCOc1cc(C(=O)NCc2cc(-c3ccccc3)on2)cc(OCC)c1OCC. The molecule has 2 aromatic carbocycles. The van der Waals surface area contributed by atoms with Crippen molar-refractivity contribution < 1.29 is 23.5 Å². The van der Waals surface area contributed by atoms with Crippen molar-refractivity contribution in [2.75, 3.05) is 19.8 Å². The van der Waals surface area contributed by atoms with E-state index in [1.54, 1.807) is 12.1 Å². The second-order valence-electron chi connectivity index (χ2n) is 6.33. The first-order valence-corrected chi connectivity index (χ1v) is 10.0. The second kappa shape index (κ2) is 10.3. The molecule has 0 aliphatic rings. The summed E-state index contributed by atoms with van der Waals surface area (Å²) in [6, 6.07) is 14.8. The van der Waals surface area contributed by atoms with Crippen LogP contribution in [-0.4, -0.2) is 30.9 Å². The van der Waals surface area contributed by atoms with E-state index in [-0.39, 0.29) is 12.5 Å². The summed E-state index contributed by atoms with van der Waals surface area (Å²) in [6.45, 7) is 7.21. The van der Waals surface area contributed by atoms with Crippen molar-refractivity contribution in [2.45, 2.75) is 27.3 Å². The average Bonchev–Trinajstić information content (AvgIpc) is 3.24. The maximum Gasteiger partial charge on any atom is 0.251 e. The zero-order valence-corrected chi connectivity index (χ0v) is 17.4. The fourth-order valence-electron chi connectivity index (χ4n) is 2.93. The number of rotatable bonds is 10. The highest BCUT2D eigenvalue weighted by Gasteiger charge is 2.18. The van der Waals surface area contributed by atoms with Crippen molar-refractivity contribution in [1.82, 2.24) is 10.5 Å². The van der Waals surface area contributed by atoms with Crippen LogP contribution < -0.4 is 19.5 Å². The fourth-order valence-corrected chi connectivity index (χ4v) is 2.93. The van der Waals surface area contributed by atoms with E-state index in [0.29, 0.717) is 54.1 Å². The van der Waals surface area contributed by atoms with Gasteiger partial charge in [-0.2, -0.15) is 0 Å². The molecule has 3 aromatic rings. The summed E-state index contributed by atoms with van der Waals surface area (Å²) in [5, 5.41) is 6.89. The van der Waals surface area contributed by atoms with Crippen molar-refractivity contribution in [3.8, 4) is 28.6 Å². The smallest absolute Gasteiger partial charge is 0.251 e. The maximum absolute atomic E-state index is 12.8. The highest BCUT2D eigenvalue weighted by Crippen LogP contribution is 2.39. The van der Waals surface area contributed by atoms with Crippen LogP contribution in [0.4, 0.5) is 0 Å². The summed E-state index contributed by atoms with van der Waals surface area (Å²) >= 11 is 0. The van der Waals surface area contributed by atoms with Crippen LogP contribution in [0.2, 0.25) is 0 Å². The zero-order valence-electron chi connectivity index (χ0n) is 17.4. The normalized spacial score (nSPS) is 10.5. The molecule has 1 heterocycles. The number of amides is 1. The van der Waals surface area contributed by atoms with E-state index in [0.717, 1.165) is 5.56 Å². The summed E-state index contributed by atoms with van der Waals surface area (Å²) in [5.74, 6) is 1.83. The Labute approximate surface area is 175 Å². The van der Waals surface area contributed by atoms with Gasteiger partial charge in [0.25, 0.3) is 5.91 Å². The standard InChI is InChI=1S/C23H26N2O5/c1-4-27-20-12-17(13-21(28-5-2)22(20)29-6-3)23(26)24-15-18-14-19(30-25-18)16-10-8-7-9-11-16/h7-14H,4-6,15H2,1-3H3,(H,24,26). The molecule has 0 aliphatic heterocycles. The van der Waals surface area contributed by atoms with Gasteiger partial charge in [-0.05, 0) is 32.9 Å². The van der Waals surface area contributed by atoms with Gasteiger partial charge in [0.15, 0.2) is 17.3 Å². The van der Waals surface area contributed by atoms with E-state index in [4.69, 9.17) is 18.7 Å². The molecule has 0 bridgehead atoms. The molecule has 0 saturated carbocycles. The van der Waals surface area contributed by atoms with Crippen LogP contribution in [0.5, 0.6) is 17.2 Å². The number of aromatic nitrogens is 1. The molecule has 0 spiro atoms. The minimum atomic E-state index is -0.274. The fraction of sp³-hybridized carbons (Fsp3) is 0.304. The van der Waals surface area contributed by atoms with E-state index >= 15 is 0 Å². The first-order chi connectivity index (χ1) is 14.7. The van der Waals surface area contributed by atoms with Crippen molar-refractivity contribution >= 4 is 5.91 Å². The molecule has 0 fully saturated rings. The Hall–Kier alpha value is -3.48. The van der Waals surface area contributed by atoms with Gasteiger partial charge in [-0.15, -0.1) is 0 Å². The number of nitrogens with zero attached hydrogens (tertiary/aromatic N) is 1. The molecule has 3 rings (SSSR count). The maximum atomic E-state index is 12.8. The number of nitrogens with one attached hydrogen (secondary N) is 1. The summed E-state index contributed by atoms with van der Waals surface area (Å²) in [6.07, 6.45) is 0. The summed E-state index contributed by atoms with van der Waals surface area (Å²) in [4.78, 5) is 12.8. The number of carbonyl (C=O) groups excluding carboxylic acids is 1. The highest BCUT2D eigenvalue weighted by atomic mass is 16.5. The Kier molecular flexibility index (Phi) is 7.32. The number of hydrogen-bond acceptors (Lipinski definition) is 6. The molecule has 0 radical (unpaired) electrons. The van der Waals surface area contributed by atoms with Crippen LogP contribution in [0.25, 0.3) is 11.3 Å². The van der Waals surface area contributed by atoms with Gasteiger partial charge < -0.3 is 24.1 Å². The van der Waals surface area contributed by atoms with E-state index in [9.17, 15) is 4.79 Å². The molecule has 1 amide bonds. The predicted octanol–water partition coefficient (Wildman–Crippen LogP) is 4.47. The van der Waals surface area contributed by atoms with Gasteiger partial charge in [0.05, 0.1) is 26.4 Å². The summed E-state index contributed by atoms with van der Waals surface area (Å²) in [7, 11) is 0. The van der Waals surface area contributed by atoms with Crippen molar-refractivity contribution in [1.29, 1.82) is 0 Å². The molecule has 7 nitrogen and oxygen atoms in total. The number of ether oxygens (including phenoxy) is 3. The highest BCUT2D eigenvalue weighted by molar-refractivity contribution is 5.95. The summed E-state index contributed by atoms with van der Waals surface area (Å²) < 4.78 is 22.4. The molecule has 1 aromatic heterocycles. The van der Waals surface area contributed by atoms with Gasteiger partial charge >= 0.3 is 0 Å². The van der Waals surface area contributed by atoms with Crippen LogP contribution in [0.1, 0.15) is 36.8 Å². The largest absolute Gasteiger partial charge is 0.490 e. The Balaban J connectivity index is 1.75. The van der Waals surface area contributed by atoms with Crippen LogP contribution >= 0.6 is 0 Å². The number of hydrogen-bond donors (Lipinski definition) is 1. The molecule has 1 N–H and O–H groups in total. The van der Waals surface area contributed by atoms with Gasteiger partial charge in [0, 0.05) is 17.2 Å². The lowest BCUT2D eigenvalue weighted by atomic mass is 10.1. The Morgan fingerprint density at radius 3 is 2.17 bits per heavy atom. The second-order valence-corrected chi connectivity index (χ2v) is 6.33. The molecule has 7 heteroatoms. The Bertz CT molecular complexity index is 942. The van der Waals surface area contributed by atoms with Gasteiger partial charge in [0.2, 0.25) is 5.75 Å². The van der Waals surface area contributed by atoms with Crippen molar-refractivity contribution in [3.05, 3.63) is 59.8 Å². The third-order valence-corrected chi connectivity index (χ3v) is 4.22. The van der Waals surface area contributed by atoms with Crippen molar-refractivity contribution in [2.24, 2.45) is 0 Å². The third kappa shape index (κ3) is 5.11. The van der Waals surface area contributed by atoms with Crippen LogP contribution in [0.3, 0.4) is 0 Å². The quantitative estimate of drug-likeness (QED) is 0.531. The monoisotopic (exact) mass is 410 g/mol. The van der Waals surface area contributed by atoms with Crippen LogP contribution in [0.15, 0.2) is 53.1 Å². The van der Waals surface area contributed by atoms with E-state index in [1.165, 1.54) is 0 Å². The van der Waals surface area contributed by atoms with Crippen LogP contribution in [-0.2, 0) is 6.54 Å². The number of carbonyl (C=O) groups is 1. The van der Waals surface area contributed by atoms with Gasteiger partial charge in [0.1, 0.15) is 5.69 Å². The van der Waals surface area contributed by atoms with Gasteiger partial charge in [-0.1, -0.05) is 35.5 Å². The molecular weight excluding hydrogens is 384 g/mol. The minimum absolute atomic E-state index is 0.232. The van der Waals surface area contributed by atoms with Crippen LogP contribution in [0, 0.1) is 0 Å². The van der Waals surface area contributed by atoms with E-state index in [2.05, 4.69) is 10.5 Å². The average molecular weight is 410 g/mol. The molecule has 0 atom stereocenters. The lowest BCUT2D eigenvalue weighted by molar-refractivity contribution is 0.0949. The van der Waals surface area contributed by atoms with E-state index < -0.39 is 0 Å². The number of benzene rings is 2. The first-order valence-electron chi connectivity index (χ1n) is 10.0. The zero-order chi connectivity index (χ0) is 21.3. The van der Waals surface area contributed by atoms with Gasteiger partial charge in [-0.3, -0.25) is 4.79 Å². The molecule has 30 heavy (non-hydrogen) atoms. The Morgan fingerprint density at radius 1 is 0.933 bits per heavy atom. The predicted molar refractivity (Wildman–Crippen MR) is 113 cm³/mol. The molecule has 0 saturated heterocycles. The molecular formula is C23H26N2O5. The molecule has 0 aliphatic carbocycles. The topological polar surface area (TPSA) is 82.8 Å².